The molecule has 6 nitrogen and oxygen atoms in total. The van der Waals surface area contributed by atoms with Crippen LogP contribution in [0.1, 0.15) is 12.8 Å². The number of carboxylic acids is 1. The number of aliphatic carboxylic acids is 1. The summed E-state index contributed by atoms with van der Waals surface area (Å²) in [5.41, 5.74) is 0. The summed E-state index contributed by atoms with van der Waals surface area (Å²) in [5, 5.41) is 8.77. The number of methoxy groups -OCH3 is 1. The average molecular weight is 245 g/mol. The van der Waals surface area contributed by atoms with E-state index in [-0.39, 0.29) is 18.4 Å². The van der Waals surface area contributed by atoms with E-state index in [9.17, 15) is 9.59 Å². The fourth-order valence-corrected chi connectivity index (χ4v) is 1.83. The first-order valence-corrected chi connectivity index (χ1v) is 5.72. The van der Waals surface area contributed by atoms with Gasteiger partial charge in [0, 0.05) is 32.8 Å². The zero-order chi connectivity index (χ0) is 12.7. The highest BCUT2D eigenvalue weighted by Crippen LogP contribution is 2.17. The molecule has 0 unspecified atom stereocenters. The molecule has 0 spiro atoms. The molecule has 0 aromatic rings. The highest BCUT2D eigenvalue weighted by atomic mass is 16.5. The van der Waals surface area contributed by atoms with Crippen LogP contribution in [0.4, 0.5) is 0 Å². The number of ether oxygens (including phenoxy) is 2. The number of amides is 1. The minimum absolute atomic E-state index is 0.104. The molecule has 0 bridgehead atoms. The van der Waals surface area contributed by atoms with Crippen LogP contribution in [0, 0.1) is 5.92 Å². The number of carbonyl (C=O) groups is 2. The van der Waals surface area contributed by atoms with E-state index in [1.807, 2.05) is 0 Å². The number of rotatable bonds is 6. The van der Waals surface area contributed by atoms with Crippen LogP contribution in [-0.4, -0.2) is 61.9 Å². The predicted molar refractivity (Wildman–Crippen MR) is 59.6 cm³/mol. The predicted octanol–water partition coefficient (Wildman–Crippen LogP) is -0.0274. The maximum atomic E-state index is 12.1. The Morgan fingerprint density at radius 2 is 2.06 bits per heavy atom. The molecule has 1 amide bonds. The van der Waals surface area contributed by atoms with Gasteiger partial charge in [0.25, 0.3) is 0 Å². The SMILES string of the molecule is COCCN(CC(=O)O)C(=O)C1CCOCC1. The zero-order valence-corrected chi connectivity index (χ0v) is 10.1. The molecule has 1 heterocycles. The van der Waals surface area contributed by atoms with Crippen LogP contribution in [0.5, 0.6) is 0 Å². The fraction of sp³-hybridized carbons (Fsp3) is 0.818. The van der Waals surface area contributed by atoms with Gasteiger partial charge < -0.3 is 19.5 Å². The third-order valence-corrected chi connectivity index (χ3v) is 2.77. The molecule has 6 heteroatoms. The fourth-order valence-electron chi connectivity index (χ4n) is 1.83. The van der Waals surface area contributed by atoms with Crippen LogP contribution in [0.3, 0.4) is 0 Å². The lowest BCUT2D eigenvalue weighted by Gasteiger charge is -2.28. The van der Waals surface area contributed by atoms with Gasteiger partial charge in [-0.3, -0.25) is 9.59 Å². The van der Waals surface area contributed by atoms with E-state index < -0.39 is 5.97 Å². The average Bonchev–Trinajstić information content (AvgIpc) is 2.34. The Morgan fingerprint density at radius 3 is 2.59 bits per heavy atom. The van der Waals surface area contributed by atoms with Crippen molar-refractivity contribution in [1.82, 2.24) is 4.90 Å². The lowest BCUT2D eigenvalue weighted by molar-refractivity contribution is -0.148. The molecule has 0 aromatic heterocycles. The van der Waals surface area contributed by atoms with Gasteiger partial charge in [0.05, 0.1) is 6.61 Å². The monoisotopic (exact) mass is 245 g/mol. The maximum absolute atomic E-state index is 12.1. The largest absolute Gasteiger partial charge is 0.480 e. The Kier molecular flexibility index (Phi) is 5.93. The highest BCUT2D eigenvalue weighted by molar-refractivity contribution is 5.83. The number of hydrogen-bond acceptors (Lipinski definition) is 4. The molecule has 0 saturated carbocycles. The van der Waals surface area contributed by atoms with Gasteiger partial charge in [-0.2, -0.15) is 0 Å². The number of carbonyl (C=O) groups excluding carboxylic acids is 1. The molecule has 0 aromatic carbocycles. The lowest BCUT2D eigenvalue weighted by atomic mass is 9.98. The summed E-state index contributed by atoms with van der Waals surface area (Å²) in [4.78, 5) is 24.1. The van der Waals surface area contributed by atoms with Crippen LogP contribution in [0.25, 0.3) is 0 Å². The van der Waals surface area contributed by atoms with Crippen molar-refractivity contribution in [1.29, 1.82) is 0 Å². The molecule has 17 heavy (non-hydrogen) atoms. The van der Waals surface area contributed by atoms with Gasteiger partial charge in [-0.1, -0.05) is 0 Å². The van der Waals surface area contributed by atoms with Crippen molar-refractivity contribution in [3.05, 3.63) is 0 Å². The number of hydrogen-bond donors (Lipinski definition) is 1. The van der Waals surface area contributed by atoms with E-state index in [4.69, 9.17) is 14.6 Å². The number of carboxylic acid groups (broad SMARTS) is 1. The van der Waals surface area contributed by atoms with Crippen LogP contribution in [-0.2, 0) is 19.1 Å². The summed E-state index contributed by atoms with van der Waals surface area (Å²) in [6.45, 7) is 1.55. The minimum atomic E-state index is -0.999. The molecule has 98 valence electrons. The van der Waals surface area contributed by atoms with Crippen LogP contribution in [0.2, 0.25) is 0 Å². The Hall–Kier alpha value is -1.14. The van der Waals surface area contributed by atoms with Crippen molar-refractivity contribution < 1.29 is 24.2 Å². The highest BCUT2D eigenvalue weighted by Gasteiger charge is 2.27. The van der Waals surface area contributed by atoms with Gasteiger partial charge in [0.15, 0.2) is 0 Å². The van der Waals surface area contributed by atoms with E-state index in [1.165, 1.54) is 12.0 Å². The third kappa shape index (κ3) is 4.70. The summed E-state index contributed by atoms with van der Waals surface area (Å²) in [6.07, 6.45) is 1.34. The summed E-state index contributed by atoms with van der Waals surface area (Å²) in [7, 11) is 1.53. The number of nitrogens with zero attached hydrogens (tertiary/aromatic N) is 1. The van der Waals surface area contributed by atoms with Crippen LogP contribution in [0.15, 0.2) is 0 Å². The zero-order valence-electron chi connectivity index (χ0n) is 10.1. The molecule has 1 saturated heterocycles. The minimum Gasteiger partial charge on any atom is -0.480 e. The smallest absolute Gasteiger partial charge is 0.323 e. The van der Waals surface area contributed by atoms with Gasteiger partial charge in [0.2, 0.25) is 5.91 Å². The molecule has 1 fully saturated rings. The molecular weight excluding hydrogens is 226 g/mol. The molecule has 0 aliphatic carbocycles. The van der Waals surface area contributed by atoms with E-state index in [0.717, 1.165) is 0 Å². The Morgan fingerprint density at radius 1 is 1.41 bits per heavy atom. The molecule has 1 aliphatic rings. The van der Waals surface area contributed by atoms with Crippen molar-refractivity contribution >= 4 is 11.9 Å². The Labute approximate surface area is 100 Å². The summed E-state index contributed by atoms with van der Waals surface area (Å²) >= 11 is 0. The molecule has 1 rings (SSSR count). The van der Waals surface area contributed by atoms with E-state index in [0.29, 0.717) is 39.2 Å². The van der Waals surface area contributed by atoms with Gasteiger partial charge in [0.1, 0.15) is 6.54 Å². The first-order chi connectivity index (χ1) is 8.15. The van der Waals surface area contributed by atoms with Crippen molar-refractivity contribution in [2.75, 3.05) is 40.0 Å². The first kappa shape index (κ1) is 13.9. The molecule has 0 radical (unpaired) electrons. The van der Waals surface area contributed by atoms with Crippen molar-refractivity contribution in [2.45, 2.75) is 12.8 Å². The van der Waals surface area contributed by atoms with Crippen LogP contribution >= 0.6 is 0 Å². The molecule has 1 aliphatic heterocycles. The Bertz CT molecular complexity index is 263. The summed E-state index contributed by atoms with van der Waals surface area (Å²) in [6, 6.07) is 0. The van der Waals surface area contributed by atoms with Gasteiger partial charge in [-0.05, 0) is 12.8 Å². The van der Waals surface area contributed by atoms with Crippen molar-refractivity contribution in [3.63, 3.8) is 0 Å². The molecular formula is C11H19NO5. The summed E-state index contributed by atoms with van der Waals surface area (Å²) < 4.78 is 10.1. The standard InChI is InChI=1S/C11H19NO5/c1-16-7-4-12(8-10(13)14)11(15)9-2-5-17-6-3-9/h9H,2-8H2,1H3,(H,13,14). The van der Waals surface area contributed by atoms with Crippen molar-refractivity contribution in [3.8, 4) is 0 Å². The maximum Gasteiger partial charge on any atom is 0.323 e. The van der Waals surface area contributed by atoms with E-state index in [1.54, 1.807) is 0 Å². The second-order valence-corrected chi connectivity index (χ2v) is 4.03. The lowest BCUT2D eigenvalue weighted by Crippen LogP contribution is -2.43. The first-order valence-electron chi connectivity index (χ1n) is 5.72. The second kappa shape index (κ2) is 7.24. The van der Waals surface area contributed by atoms with Crippen molar-refractivity contribution in [2.24, 2.45) is 5.92 Å². The van der Waals surface area contributed by atoms with Crippen LogP contribution < -0.4 is 0 Å². The third-order valence-electron chi connectivity index (χ3n) is 2.77. The van der Waals surface area contributed by atoms with Gasteiger partial charge in [-0.15, -0.1) is 0 Å². The summed E-state index contributed by atoms with van der Waals surface area (Å²) in [5.74, 6) is -1.21. The molecule has 0 atom stereocenters. The van der Waals surface area contributed by atoms with E-state index in [2.05, 4.69) is 0 Å². The molecule has 1 N–H and O–H groups in total. The normalized spacial score (nSPS) is 16.8. The van der Waals surface area contributed by atoms with E-state index >= 15 is 0 Å². The van der Waals surface area contributed by atoms with Gasteiger partial charge in [-0.25, -0.2) is 0 Å². The quantitative estimate of drug-likeness (QED) is 0.711. The Balaban J connectivity index is 2.53. The van der Waals surface area contributed by atoms with Gasteiger partial charge >= 0.3 is 5.97 Å². The topological polar surface area (TPSA) is 76.1 Å². The second-order valence-electron chi connectivity index (χ2n) is 4.03.